The number of likely N-dealkylation sites (tertiary alicyclic amines) is 1. The van der Waals surface area contributed by atoms with Gasteiger partial charge in [0.15, 0.2) is 0 Å². The summed E-state index contributed by atoms with van der Waals surface area (Å²) in [7, 11) is 0. The summed E-state index contributed by atoms with van der Waals surface area (Å²) in [4.78, 5) is 193. The predicted octanol–water partition coefficient (Wildman–Crippen LogP) is -6.41. The first-order chi connectivity index (χ1) is 41.4. The number of carboxylic acids is 2. The van der Waals surface area contributed by atoms with Gasteiger partial charge in [-0.1, -0.05) is 48.0 Å². The van der Waals surface area contributed by atoms with E-state index < -0.39 is 194 Å². The fraction of sp³-hybridized carbons (Fsp3) is 0.685. The van der Waals surface area contributed by atoms with Crippen LogP contribution in [0.1, 0.15) is 124 Å². The van der Waals surface area contributed by atoms with Crippen molar-refractivity contribution in [1.29, 1.82) is 0 Å². The van der Waals surface area contributed by atoms with Crippen LogP contribution in [0.5, 0.6) is 0 Å². The number of unbranched alkanes of at least 4 members (excludes halogenated alkanes) is 1. The summed E-state index contributed by atoms with van der Waals surface area (Å²) in [5, 5.41) is 61.3. The third-order valence-corrected chi connectivity index (χ3v) is 14.2. The molecule has 0 bridgehead atoms. The number of carbonyl (C=O) groups excluding carboxylic acids is 12. The second kappa shape index (κ2) is 38.0. The summed E-state index contributed by atoms with van der Waals surface area (Å²) in [6, 6.07) is -17.2. The summed E-state index contributed by atoms with van der Waals surface area (Å²) >= 11 is 0. The molecule has 494 valence electrons. The maximum atomic E-state index is 14.1. The fourth-order valence-electron chi connectivity index (χ4n) is 9.17. The van der Waals surface area contributed by atoms with Crippen LogP contribution in [0, 0.1) is 17.8 Å². The maximum Gasteiger partial charge on any atom is 0.326 e. The summed E-state index contributed by atoms with van der Waals surface area (Å²) in [6.07, 6.45) is 0.788. The molecule has 0 unspecified atom stereocenters. The largest absolute Gasteiger partial charge is 0.481 e. The van der Waals surface area contributed by atoms with Crippen molar-refractivity contribution in [2.75, 3.05) is 26.3 Å². The van der Waals surface area contributed by atoms with Gasteiger partial charge in [-0.25, -0.2) is 9.78 Å². The number of hydrogen-bond acceptors (Lipinski definition) is 19. The van der Waals surface area contributed by atoms with Crippen molar-refractivity contribution in [2.24, 2.45) is 40.7 Å². The van der Waals surface area contributed by atoms with Crippen molar-refractivity contribution in [2.45, 2.75) is 191 Å². The SMILES string of the molecule is CC[C@H](C)[C@H](N)C(=O)N[C@@H](CCCCN)C(=O)N[C@@H](CC(N)=O)C(=O)N[C@@H](CC(C)C)C(=O)N[C@@H](CCC(N)=O)C(=O)N[C@@H](CO)C(=O)N[C@@H](CC(C)C)C(=O)N[C@@H](CC(=O)O)C(=O)N1CCC[C@H]1C(=O)N[C@@H](CO)C(=O)N[C@@H](Cc1cnc[nH]1)C(=O)O. The van der Waals surface area contributed by atoms with Gasteiger partial charge in [0.05, 0.1) is 38.4 Å². The molecule has 12 amide bonds. The van der Waals surface area contributed by atoms with Gasteiger partial charge in [-0.15, -0.1) is 0 Å². The minimum atomic E-state index is -1.90. The number of aliphatic hydroxyl groups is 2. The first-order valence-corrected chi connectivity index (χ1v) is 29.1. The van der Waals surface area contributed by atoms with E-state index in [9.17, 15) is 87.5 Å². The van der Waals surface area contributed by atoms with Gasteiger partial charge in [0.1, 0.15) is 60.4 Å². The van der Waals surface area contributed by atoms with Crippen LogP contribution in [-0.2, 0) is 73.5 Å². The van der Waals surface area contributed by atoms with E-state index in [-0.39, 0.29) is 63.5 Å². The molecule has 1 fully saturated rings. The summed E-state index contributed by atoms with van der Waals surface area (Å²) in [5.41, 5.74) is 23.0. The first-order valence-electron chi connectivity index (χ1n) is 29.1. The Kier molecular flexibility index (Phi) is 32.7. The molecule has 1 aromatic rings. The van der Waals surface area contributed by atoms with E-state index >= 15 is 0 Å². The highest BCUT2D eigenvalue weighted by Gasteiger charge is 2.42. The predicted molar refractivity (Wildman–Crippen MR) is 310 cm³/mol. The van der Waals surface area contributed by atoms with Crippen LogP contribution in [0.3, 0.4) is 0 Å². The Morgan fingerprint density at radius 2 is 1.07 bits per heavy atom. The molecule has 22 N–H and O–H groups in total. The Bertz CT molecular complexity index is 2570. The molecule has 1 aromatic heterocycles. The number of imidazole rings is 1. The number of carboxylic acid groups (broad SMARTS) is 2. The Balaban J connectivity index is 2.35. The Morgan fingerprint density at radius 1 is 0.602 bits per heavy atom. The number of aromatic nitrogens is 2. The highest BCUT2D eigenvalue weighted by Crippen LogP contribution is 2.21. The van der Waals surface area contributed by atoms with Crippen molar-refractivity contribution in [3.8, 4) is 0 Å². The number of H-pyrrole nitrogens is 1. The number of rotatable bonds is 41. The number of nitrogens with one attached hydrogen (secondary N) is 10. The molecule has 1 aliphatic rings. The summed E-state index contributed by atoms with van der Waals surface area (Å²) in [5.74, 6) is -16.4. The normalized spacial score (nSPS) is 16.7. The van der Waals surface area contributed by atoms with E-state index in [1.165, 1.54) is 12.5 Å². The van der Waals surface area contributed by atoms with Crippen LogP contribution in [0.2, 0.25) is 0 Å². The van der Waals surface area contributed by atoms with Gasteiger partial charge in [-0.3, -0.25) is 62.3 Å². The molecule has 0 radical (unpaired) electrons. The molecular weight excluding hydrogens is 1160 g/mol. The molecule has 0 aliphatic carbocycles. The number of carbonyl (C=O) groups is 14. The van der Waals surface area contributed by atoms with Gasteiger partial charge in [-0.05, 0) is 75.7 Å². The number of primary amides is 2. The number of aromatic amines is 1. The monoisotopic (exact) mass is 1250 g/mol. The third kappa shape index (κ3) is 25.9. The Morgan fingerprint density at radius 3 is 1.55 bits per heavy atom. The van der Waals surface area contributed by atoms with E-state index in [4.69, 9.17) is 22.9 Å². The van der Waals surface area contributed by atoms with Gasteiger partial charge < -0.3 is 101 Å². The highest BCUT2D eigenvalue weighted by atomic mass is 16.4. The lowest BCUT2D eigenvalue weighted by molar-refractivity contribution is -0.146. The zero-order valence-electron chi connectivity index (χ0n) is 50.5. The van der Waals surface area contributed by atoms with E-state index in [2.05, 4.69) is 57.8 Å². The van der Waals surface area contributed by atoms with Crippen molar-refractivity contribution in [3.63, 3.8) is 0 Å². The van der Waals surface area contributed by atoms with E-state index in [1.54, 1.807) is 34.6 Å². The topological polar surface area (TPSA) is 564 Å². The zero-order valence-corrected chi connectivity index (χ0v) is 50.5. The Hall–Kier alpha value is -8.37. The molecule has 12 atom stereocenters. The molecule has 0 saturated carbocycles. The quantitative estimate of drug-likeness (QED) is 0.0271. The molecule has 1 aliphatic heterocycles. The smallest absolute Gasteiger partial charge is 0.326 e. The molecule has 34 heteroatoms. The lowest BCUT2D eigenvalue weighted by atomic mass is 9.98. The number of aliphatic hydroxyl groups excluding tert-OH is 2. The lowest BCUT2D eigenvalue weighted by Crippen LogP contribution is -2.61. The summed E-state index contributed by atoms with van der Waals surface area (Å²) in [6.45, 7) is 8.15. The molecule has 2 heterocycles. The maximum absolute atomic E-state index is 14.1. The second-order valence-corrected chi connectivity index (χ2v) is 22.5. The van der Waals surface area contributed by atoms with Crippen LogP contribution < -0.4 is 70.8 Å². The van der Waals surface area contributed by atoms with Gasteiger partial charge in [-0.2, -0.15) is 0 Å². The van der Waals surface area contributed by atoms with Crippen molar-refractivity contribution in [3.05, 3.63) is 18.2 Å². The number of nitrogens with zero attached hydrogens (tertiary/aromatic N) is 2. The van der Waals surface area contributed by atoms with Crippen LogP contribution in [0.4, 0.5) is 0 Å². The lowest BCUT2D eigenvalue weighted by Gasteiger charge is -2.30. The van der Waals surface area contributed by atoms with Crippen molar-refractivity contribution < 1.29 is 87.5 Å². The molecule has 34 nitrogen and oxygen atoms in total. The molecule has 1 saturated heterocycles. The number of hydrogen-bond donors (Lipinski definition) is 18. The molecule has 88 heavy (non-hydrogen) atoms. The van der Waals surface area contributed by atoms with Crippen molar-refractivity contribution >= 4 is 82.8 Å². The molecular formula is C54H90N16O18. The van der Waals surface area contributed by atoms with Gasteiger partial charge >= 0.3 is 11.9 Å². The van der Waals surface area contributed by atoms with E-state index in [0.29, 0.717) is 25.0 Å². The van der Waals surface area contributed by atoms with Gasteiger partial charge in [0.25, 0.3) is 0 Å². The average molecular weight is 1250 g/mol. The van der Waals surface area contributed by atoms with Crippen molar-refractivity contribution in [1.82, 2.24) is 62.7 Å². The minimum absolute atomic E-state index is 0.0263. The van der Waals surface area contributed by atoms with Gasteiger partial charge in [0.2, 0.25) is 70.9 Å². The van der Waals surface area contributed by atoms with Crippen LogP contribution in [0.15, 0.2) is 12.5 Å². The standard InChI is InChI=1S/C54H90N16O18/c1-7-28(6)43(58)52(85)62-30(11-8-9-15-55)44(77)65-34(20-41(57)74)48(81)63-32(17-26(2)3)46(79)61-31(13-14-40(56)73)45(78)68-37(23-71)49(82)64-33(18-27(4)5)47(80)66-35(21-42(75)76)53(86)70-16-10-12-39(70)51(84)69-38(24-72)50(83)67-36(54(87)88)19-29-22-59-25-60-29/h22,25-28,30-39,43,71-72H,7-21,23-24,55,58H2,1-6H3,(H2,56,73)(H2,57,74)(H,59,60)(H,61,79)(H,62,85)(H,63,81)(H,64,82)(H,65,77)(H,66,80)(H,67,83)(H,68,78)(H,69,84)(H,75,76)(H,87,88)/t28-,30-,31-,32-,33-,34-,35-,36-,37-,38-,39-,43-/m0/s1. The van der Waals surface area contributed by atoms with Crippen LogP contribution in [-0.4, -0.2) is 211 Å². The number of amides is 12. The minimum Gasteiger partial charge on any atom is -0.481 e. The number of nitrogens with two attached hydrogens (primary N) is 4. The molecule has 2 rings (SSSR count). The second-order valence-electron chi connectivity index (χ2n) is 22.5. The zero-order chi connectivity index (χ0) is 66.5. The third-order valence-electron chi connectivity index (χ3n) is 14.2. The van der Waals surface area contributed by atoms with Crippen LogP contribution >= 0.6 is 0 Å². The molecule has 0 spiro atoms. The average Bonchev–Trinajstić information content (AvgIpc) is 4.09. The highest BCUT2D eigenvalue weighted by molar-refractivity contribution is 6.00. The number of aliphatic carboxylic acids is 2. The van der Waals surface area contributed by atoms with E-state index in [1.807, 2.05) is 6.92 Å². The Labute approximate surface area is 508 Å². The van der Waals surface area contributed by atoms with E-state index in [0.717, 1.165) is 4.90 Å². The first kappa shape index (κ1) is 75.7. The molecule has 0 aromatic carbocycles. The van der Waals surface area contributed by atoms with Gasteiger partial charge in [0, 0.05) is 31.3 Å². The van der Waals surface area contributed by atoms with Crippen LogP contribution in [0.25, 0.3) is 0 Å². The summed E-state index contributed by atoms with van der Waals surface area (Å²) < 4.78 is 0. The fourth-order valence-corrected chi connectivity index (χ4v) is 9.17.